The third-order valence-electron chi connectivity index (χ3n) is 5.14. The van der Waals surface area contributed by atoms with Gasteiger partial charge in [0.05, 0.1) is 12.0 Å². The van der Waals surface area contributed by atoms with Crippen LogP contribution < -0.4 is 20.3 Å². The average Bonchev–Trinajstić information content (AvgIpc) is 3.28. The van der Waals surface area contributed by atoms with Crippen molar-refractivity contribution in [2.24, 2.45) is 0 Å². The van der Waals surface area contributed by atoms with E-state index in [9.17, 15) is 4.79 Å². The number of amides is 1. The van der Waals surface area contributed by atoms with Crippen LogP contribution in [0.4, 0.5) is 5.69 Å². The maximum absolute atomic E-state index is 12.2. The molecule has 0 saturated carbocycles. The van der Waals surface area contributed by atoms with Gasteiger partial charge in [0.15, 0.2) is 0 Å². The van der Waals surface area contributed by atoms with Crippen molar-refractivity contribution in [2.45, 2.75) is 6.42 Å². The highest BCUT2D eigenvalue weighted by Crippen LogP contribution is 2.34. The zero-order chi connectivity index (χ0) is 19.3. The topological polar surface area (TPSA) is 53.6 Å². The third kappa shape index (κ3) is 3.98. The van der Waals surface area contributed by atoms with E-state index in [1.165, 1.54) is 33.4 Å². The molecule has 146 valence electrons. The number of thiophene rings is 1. The summed E-state index contributed by atoms with van der Waals surface area (Å²) in [5.41, 5.74) is 2.53. The lowest BCUT2D eigenvalue weighted by molar-refractivity contribution is 0.0958. The van der Waals surface area contributed by atoms with Crippen LogP contribution in [-0.2, 0) is 6.42 Å². The zero-order valence-electron chi connectivity index (χ0n) is 16.0. The Morgan fingerprint density at radius 1 is 1.21 bits per heavy atom. The molecule has 0 aliphatic carbocycles. The summed E-state index contributed by atoms with van der Waals surface area (Å²) in [4.78, 5) is 15.5. The quantitative estimate of drug-likeness (QED) is 0.673. The summed E-state index contributed by atoms with van der Waals surface area (Å²) in [5, 5.41) is 10.8. The van der Waals surface area contributed by atoms with Gasteiger partial charge >= 0.3 is 0 Å². The summed E-state index contributed by atoms with van der Waals surface area (Å²) >= 11 is 1.47. The van der Waals surface area contributed by atoms with Crippen molar-refractivity contribution in [3.05, 3.63) is 58.3 Å². The Morgan fingerprint density at radius 3 is 2.79 bits per heavy atom. The fraction of sp³-hybridized carbons (Fsp3) is 0.318. The van der Waals surface area contributed by atoms with E-state index in [2.05, 4.69) is 39.8 Å². The second-order valence-corrected chi connectivity index (χ2v) is 7.83. The number of benzene rings is 2. The minimum Gasteiger partial charge on any atom is -0.497 e. The first-order chi connectivity index (χ1) is 13.8. The van der Waals surface area contributed by atoms with Crippen LogP contribution in [0.3, 0.4) is 0 Å². The van der Waals surface area contributed by atoms with Crippen molar-refractivity contribution in [3.8, 4) is 5.75 Å². The third-order valence-corrected chi connectivity index (χ3v) is 6.01. The van der Waals surface area contributed by atoms with Gasteiger partial charge in [-0.25, -0.2) is 0 Å². The van der Waals surface area contributed by atoms with Crippen molar-refractivity contribution in [1.29, 1.82) is 0 Å². The van der Waals surface area contributed by atoms with Crippen molar-refractivity contribution >= 4 is 33.7 Å². The van der Waals surface area contributed by atoms with Gasteiger partial charge < -0.3 is 20.3 Å². The number of rotatable bonds is 6. The molecule has 1 aliphatic heterocycles. The number of carbonyl (C=O) groups is 1. The minimum atomic E-state index is 0.00109. The van der Waals surface area contributed by atoms with Gasteiger partial charge in [0.25, 0.3) is 5.91 Å². The fourth-order valence-electron chi connectivity index (χ4n) is 3.72. The molecule has 0 atom stereocenters. The maximum Gasteiger partial charge on any atom is 0.261 e. The second-order valence-electron chi connectivity index (χ2n) is 6.88. The summed E-state index contributed by atoms with van der Waals surface area (Å²) in [7, 11) is 1.70. The molecule has 0 bridgehead atoms. The number of anilines is 1. The van der Waals surface area contributed by atoms with Crippen molar-refractivity contribution in [3.63, 3.8) is 0 Å². The summed E-state index contributed by atoms with van der Waals surface area (Å²) in [6.07, 6.45) is 0.795. The summed E-state index contributed by atoms with van der Waals surface area (Å²) in [6, 6.07) is 14.4. The number of ether oxygens (including phenoxy) is 1. The molecule has 6 heteroatoms. The number of methoxy groups -OCH3 is 1. The second kappa shape index (κ2) is 8.63. The van der Waals surface area contributed by atoms with E-state index in [1.54, 1.807) is 7.11 Å². The summed E-state index contributed by atoms with van der Waals surface area (Å²) < 4.78 is 5.47. The van der Waals surface area contributed by atoms with E-state index < -0.39 is 0 Å². The number of hydrogen-bond donors (Lipinski definition) is 2. The Morgan fingerprint density at radius 2 is 2.04 bits per heavy atom. The van der Waals surface area contributed by atoms with Crippen molar-refractivity contribution < 1.29 is 9.53 Å². The van der Waals surface area contributed by atoms with Crippen LogP contribution in [0, 0.1) is 0 Å². The van der Waals surface area contributed by atoms with Gasteiger partial charge in [-0.15, -0.1) is 11.3 Å². The number of piperazine rings is 1. The van der Waals surface area contributed by atoms with Crippen molar-refractivity contribution in [1.82, 2.24) is 10.6 Å². The molecule has 1 saturated heterocycles. The highest BCUT2D eigenvalue weighted by atomic mass is 32.1. The highest BCUT2D eigenvalue weighted by Gasteiger charge is 2.18. The molecule has 2 heterocycles. The molecule has 28 heavy (non-hydrogen) atoms. The number of carbonyl (C=O) groups excluding carboxylic acids is 1. The molecule has 2 aromatic carbocycles. The fourth-order valence-corrected chi connectivity index (χ4v) is 4.36. The Labute approximate surface area is 169 Å². The Bertz CT molecular complexity index is 950. The molecule has 1 aromatic heterocycles. The molecule has 3 aromatic rings. The molecular weight excluding hydrogens is 370 g/mol. The molecule has 0 spiro atoms. The molecule has 1 fully saturated rings. The van der Waals surface area contributed by atoms with Gasteiger partial charge in [0, 0.05) is 43.8 Å². The zero-order valence-corrected chi connectivity index (χ0v) is 16.8. The van der Waals surface area contributed by atoms with E-state index in [0.717, 1.165) is 43.2 Å². The summed E-state index contributed by atoms with van der Waals surface area (Å²) in [6.45, 7) is 4.53. The lowest BCUT2D eigenvalue weighted by Gasteiger charge is -2.32. The largest absolute Gasteiger partial charge is 0.497 e. The van der Waals surface area contributed by atoms with Gasteiger partial charge in [-0.1, -0.05) is 24.3 Å². The van der Waals surface area contributed by atoms with Crippen molar-refractivity contribution in [2.75, 3.05) is 44.7 Å². The normalized spacial score (nSPS) is 14.2. The maximum atomic E-state index is 12.2. The number of fused-ring (bicyclic) bond motifs is 1. The monoisotopic (exact) mass is 395 g/mol. The Balaban J connectivity index is 1.61. The van der Waals surface area contributed by atoms with Crippen LogP contribution in [-0.4, -0.2) is 45.7 Å². The predicted octanol–water partition coefficient (Wildman–Crippen LogP) is 3.29. The highest BCUT2D eigenvalue weighted by molar-refractivity contribution is 7.12. The van der Waals surface area contributed by atoms with Gasteiger partial charge in [0.2, 0.25) is 0 Å². The molecule has 5 nitrogen and oxygen atoms in total. The lowest BCUT2D eigenvalue weighted by atomic mass is 9.99. The number of hydrogen-bond acceptors (Lipinski definition) is 5. The molecule has 0 radical (unpaired) electrons. The smallest absolute Gasteiger partial charge is 0.261 e. The molecule has 1 amide bonds. The predicted molar refractivity (Wildman–Crippen MR) is 116 cm³/mol. The van der Waals surface area contributed by atoms with Gasteiger partial charge in [-0.3, -0.25) is 4.79 Å². The van der Waals surface area contributed by atoms with E-state index in [1.807, 2.05) is 23.6 Å². The van der Waals surface area contributed by atoms with E-state index in [-0.39, 0.29) is 5.91 Å². The van der Waals surface area contributed by atoms with Crippen LogP contribution in [0.1, 0.15) is 15.2 Å². The van der Waals surface area contributed by atoms with Gasteiger partial charge in [-0.05, 0) is 40.9 Å². The first kappa shape index (κ1) is 18.8. The molecule has 1 aliphatic rings. The Kier molecular flexibility index (Phi) is 5.78. The summed E-state index contributed by atoms with van der Waals surface area (Å²) in [5.74, 6) is 0.869. The molecule has 2 N–H and O–H groups in total. The average molecular weight is 396 g/mol. The van der Waals surface area contributed by atoms with E-state index in [0.29, 0.717) is 6.54 Å². The van der Waals surface area contributed by atoms with Gasteiger partial charge in [-0.2, -0.15) is 0 Å². The first-order valence-corrected chi connectivity index (χ1v) is 10.5. The standard InChI is InChI=1S/C22H25N3O2S/c1-27-18-7-6-16-4-5-17(8-9-24-22(26)20-3-2-14-28-20)21(19(16)15-18)25-12-10-23-11-13-25/h2-7,14-15,23H,8-13H2,1H3,(H,24,26). The lowest BCUT2D eigenvalue weighted by Crippen LogP contribution is -2.44. The van der Waals surface area contributed by atoms with Crippen LogP contribution in [0.15, 0.2) is 47.8 Å². The minimum absolute atomic E-state index is 0.00109. The van der Waals surface area contributed by atoms with E-state index in [4.69, 9.17) is 4.74 Å². The van der Waals surface area contributed by atoms with Crippen LogP contribution >= 0.6 is 11.3 Å². The molecule has 0 unspecified atom stereocenters. The SMILES string of the molecule is COc1ccc2ccc(CCNC(=O)c3cccs3)c(N3CCNCC3)c2c1. The number of nitrogens with zero attached hydrogens (tertiary/aromatic N) is 1. The molecular formula is C22H25N3O2S. The van der Waals surface area contributed by atoms with E-state index >= 15 is 0 Å². The molecule has 4 rings (SSSR count). The van der Waals surface area contributed by atoms with Crippen LogP contribution in [0.2, 0.25) is 0 Å². The first-order valence-electron chi connectivity index (χ1n) is 9.63. The number of nitrogens with one attached hydrogen (secondary N) is 2. The Hall–Kier alpha value is -2.57. The van der Waals surface area contributed by atoms with Crippen LogP contribution in [0.25, 0.3) is 10.8 Å². The van der Waals surface area contributed by atoms with Gasteiger partial charge in [0.1, 0.15) is 5.75 Å². The van der Waals surface area contributed by atoms with Crippen LogP contribution in [0.5, 0.6) is 5.75 Å².